The van der Waals surface area contributed by atoms with E-state index in [0.29, 0.717) is 11.7 Å². The lowest BCUT2D eigenvalue weighted by Gasteiger charge is -2.14. The van der Waals surface area contributed by atoms with Gasteiger partial charge in [-0.05, 0) is 56.7 Å². The minimum absolute atomic E-state index is 0.282. The number of rotatable bonds is 9. The van der Waals surface area contributed by atoms with Crippen molar-refractivity contribution in [3.8, 4) is 5.75 Å². The van der Waals surface area contributed by atoms with Gasteiger partial charge in [0.15, 0.2) is 6.61 Å². The van der Waals surface area contributed by atoms with Crippen molar-refractivity contribution in [3.05, 3.63) is 54.6 Å². The van der Waals surface area contributed by atoms with E-state index in [4.69, 9.17) is 9.84 Å². The number of hydrogen-bond donors (Lipinski definition) is 1. The van der Waals surface area contributed by atoms with Crippen LogP contribution in [0.15, 0.2) is 54.6 Å². The smallest absolute Gasteiger partial charge is 0.303 e. The maximum atomic E-state index is 13.6. The van der Waals surface area contributed by atoms with E-state index in [1.54, 1.807) is 30.3 Å². The van der Waals surface area contributed by atoms with Crippen LogP contribution in [0.4, 0.5) is 8.78 Å². The summed E-state index contributed by atoms with van der Waals surface area (Å²) < 4.78 is 32.2. The molecule has 3 nitrogen and oxygen atoms in total. The predicted molar refractivity (Wildman–Crippen MR) is 104 cm³/mol. The first kappa shape index (κ1) is 22.9. The van der Waals surface area contributed by atoms with Crippen LogP contribution in [0.2, 0.25) is 0 Å². The molecule has 0 radical (unpaired) electrons. The number of benzene rings is 1. The Morgan fingerprint density at radius 3 is 2.52 bits per heavy atom. The van der Waals surface area contributed by atoms with Gasteiger partial charge in [0, 0.05) is 6.42 Å². The molecule has 0 heterocycles. The Kier molecular flexibility index (Phi) is 11.1. The van der Waals surface area contributed by atoms with E-state index in [9.17, 15) is 13.6 Å². The number of para-hydroxylation sites is 1. The second-order valence-corrected chi connectivity index (χ2v) is 6.62. The number of alkyl halides is 2. The Bertz CT molecular complexity index is 576. The van der Waals surface area contributed by atoms with Crippen LogP contribution in [0.25, 0.3) is 0 Å². The molecule has 0 aromatic heterocycles. The highest BCUT2D eigenvalue weighted by atomic mass is 19.3. The van der Waals surface area contributed by atoms with Crippen molar-refractivity contribution in [1.29, 1.82) is 0 Å². The maximum Gasteiger partial charge on any atom is 0.303 e. The molecular weight excluding hydrogens is 350 g/mol. The number of ether oxygens (including phenoxy) is 1. The zero-order chi connectivity index (χ0) is 20.0. The minimum Gasteiger partial charge on any atom is -0.487 e. The van der Waals surface area contributed by atoms with Crippen LogP contribution in [-0.2, 0) is 4.79 Å². The Labute approximate surface area is 160 Å². The van der Waals surface area contributed by atoms with E-state index in [2.05, 4.69) is 0 Å². The van der Waals surface area contributed by atoms with Gasteiger partial charge in [-0.2, -0.15) is 8.78 Å². The third kappa shape index (κ3) is 11.9. The monoisotopic (exact) mass is 380 g/mol. The van der Waals surface area contributed by atoms with Crippen molar-refractivity contribution < 1.29 is 23.4 Å². The van der Waals surface area contributed by atoms with Crippen LogP contribution < -0.4 is 4.74 Å². The number of carboxylic acid groups (broad SMARTS) is 1. The summed E-state index contributed by atoms with van der Waals surface area (Å²) >= 11 is 0. The normalized spacial score (nSPS) is 15.1. The van der Waals surface area contributed by atoms with Crippen LogP contribution >= 0.6 is 0 Å². The molecule has 2 rings (SSSR count). The van der Waals surface area contributed by atoms with Crippen LogP contribution in [0.5, 0.6) is 5.75 Å². The Morgan fingerprint density at radius 1 is 1.26 bits per heavy atom. The zero-order valence-corrected chi connectivity index (χ0v) is 15.9. The Balaban J connectivity index is 0.000000345. The zero-order valence-electron chi connectivity index (χ0n) is 15.9. The fourth-order valence-corrected chi connectivity index (χ4v) is 2.71. The molecule has 1 aromatic rings. The quantitative estimate of drug-likeness (QED) is 0.406. The molecule has 0 amide bonds. The summed E-state index contributed by atoms with van der Waals surface area (Å²) in [7, 11) is 0. The lowest BCUT2D eigenvalue weighted by molar-refractivity contribution is -0.137. The molecule has 0 saturated heterocycles. The van der Waals surface area contributed by atoms with Gasteiger partial charge < -0.3 is 9.84 Å². The first-order valence-electron chi connectivity index (χ1n) is 9.51. The molecule has 0 bridgehead atoms. The molecule has 150 valence electrons. The highest BCUT2D eigenvalue weighted by molar-refractivity contribution is 5.66. The SMILES string of the molecule is C/C=C\CCCC(=O)O.FC(F)(/C=C/C1CCCC1)COc1ccccc1. The van der Waals surface area contributed by atoms with Gasteiger partial charge in [0.1, 0.15) is 5.75 Å². The Hall–Kier alpha value is -2.17. The molecule has 1 aromatic carbocycles. The van der Waals surface area contributed by atoms with E-state index in [-0.39, 0.29) is 6.42 Å². The molecule has 0 atom stereocenters. The second-order valence-electron chi connectivity index (χ2n) is 6.62. The van der Waals surface area contributed by atoms with Crippen LogP contribution in [0.1, 0.15) is 51.9 Å². The summed E-state index contributed by atoms with van der Waals surface area (Å²) in [5.41, 5.74) is 0. The molecule has 27 heavy (non-hydrogen) atoms. The summed E-state index contributed by atoms with van der Waals surface area (Å²) in [6.07, 6.45) is 12.9. The largest absolute Gasteiger partial charge is 0.487 e. The van der Waals surface area contributed by atoms with Crippen LogP contribution in [0, 0.1) is 5.92 Å². The van der Waals surface area contributed by atoms with Gasteiger partial charge in [-0.15, -0.1) is 0 Å². The number of halogens is 2. The molecule has 1 aliphatic carbocycles. The first-order chi connectivity index (χ1) is 12.9. The number of unbranched alkanes of at least 4 members (excludes halogenated alkanes) is 1. The van der Waals surface area contributed by atoms with Crippen molar-refractivity contribution in [1.82, 2.24) is 0 Å². The van der Waals surface area contributed by atoms with E-state index in [0.717, 1.165) is 44.6 Å². The molecule has 1 aliphatic rings. The molecular formula is C22H30F2O3. The van der Waals surface area contributed by atoms with E-state index in [1.165, 1.54) is 0 Å². The molecule has 0 unspecified atom stereocenters. The summed E-state index contributed by atoms with van der Waals surface area (Å²) in [5, 5.41) is 8.19. The first-order valence-corrected chi connectivity index (χ1v) is 9.51. The van der Waals surface area contributed by atoms with Crippen molar-refractivity contribution >= 4 is 5.97 Å². The average molecular weight is 380 g/mol. The van der Waals surface area contributed by atoms with Crippen molar-refractivity contribution in [3.63, 3.8) is 0 Å². The molecule has 1 saturated carbocycles. The summed E-state index contributed by atoms with van der Waals surface area (Å²) in [5.74, 6) is -2.79. The third-order valence-corrected chi connectivity index (χ3v) is 4.18. The third-order valence-electron chi connectivity index (χ3n) is 4.18. The number of carboxylic acids is 1. The highest BCUT2D eigenvalue weighted by Crippen LogP contribution is 2.27. The van der Waals surface area contributed by atoms with Crippen LogP contribution in [-0.4, -0.2) is 23.6 Å². The Morgan fingerprint density at radius 2 is 1.93 bits per heavy atom. The maximum absolute atomic E-state index is 13.6. The molecule has 5 heteroatoms. The van der Waals surface area contributed by atoms with E-state index in [1.807, 2.05) is 25.1 Å². The van der Waals surface area contributed by atoms with Gasteiger partial charge >= 0.3 is 5.97 Å². The molecule has 1 N–H and O–H groups in total. The summed E-state index contributed by atoms with van der Waals surface area (Å²) in [4.78, 5) is 9.94. The lowest BCUT2D eigenvalue weighted by atomic mass is 10.1. The standard InChI is InChI=1S/C15H18F2O.C7H12O2/c16-15(17,11-10-13-6-4-5-7-13)12-18-14-8-2-1-3-9-14;1-2-3-4-5-6-7(8)9/h1-3,8-11,13H,4-7,12H2;2-3H,4-6H2,1H3,(H,8,9)/b11-10+;3-2-. The van der Waals surface area contributed by atoms with Gasteiger partial charge in [-0.25, -0.2) is 0 Å². The summed E-state index contributed by atoms with van der Waals surface area (Å²) in [6.45, 7) is 1.33. The number of hydrogen-bond acceptors (Lipinski definition) is 2. The fourth-order valence-electron chi connectivity index (χ4n) is 2.71. The van der Waals surface area contributed by atoms with Gasteiger partial charge in [0.2, 0.25) is 0 Å². The predicted octanol–water partition coefficient (Wildman–Crippen LogP) is 6.26. The number of aliphatic carboxylic acids is 1. The average Bonchev–Trinajstić information content (AvgIpc) is 3.17. The van der Waals surface area contributed by atoms with Gasteiger partial charge in [0.05, 0.1) is 0 Å². The minimum atomic E-state index is -2.89. The molecule has 0 aliphatic heterocycles. The number of carbonyl (C=O) groups is 1. The van der Waals surface area contributed by atoms with Crippen molar-refractivity contribution in [2.24, 2.45) is 5.92 Å². The summed E-state index contributed by atoms with van der Waals surface area (Å²) in [6, 6.07) is 8.71. The fraction of sp³-hybridized carbons (Fsp3) is 0.500. The van der Waals surface area contributed by atoms with Crippen molar-refractivity contribution in [2.75, 3.05) is 6.61 Å². The molecule has 0 spiro atoms. The van der Waals surface area contributed by atoms with Crippen molar-refractivity contribution in [2.45, 2.75) is 57.8 Å². The van der Waals surface area contributed by atoms with E-state index >= 15 is 0 Å². The topological polar surface area (TPSA) is 46.5 Å². The van der Waals surface area contributed by atoms with Gasteiger partial charge in [0.25, 0.3) is 5.92 Å². The number of allylic oxidation sites excluding steroid dienone is 3. The molecule has 1 fully saturated rings. The second kappa shape index (κ2) is 13.1. The van der Waals surface area contributed by atoms with Crippen LogP contribution in [0.3, 0.4) is 0 Å². The van der Waals surface area contributed by atoms with E-state index < -0.39 is 18.5 Å². The highest BCUT2D eigenvalue weighted by Gasteiger charge is 2.27. The van der Waals surface area contributed by atoms with Gasteiger partial charge in [-0.3, -0.25) is 4.79 Å². The van der Waals surface area contributed by atoms with Gasteiger partial charge in [-0.1, -0.05) is 49.3 Å². The lowest BCUT2D eigenvalue weighted by Crippen LogP contribution is -2.23.